The van der Waals surface area contributed by atoms with Crippen LogP contribution in [0.3, 0.4) is 0 Å². The largest absolute Gasteiger partial charge is 0.416 e. The first kappa shape index (κ1) is 18.4. The lowest BCUT2D eigenvalue weighted by molar-refractivity contribution is -0.342. The van der Waals surface area contributed by atoms with E-state index in [1.807, 2.05) is 30.5 Å². The molecule has 2 heterocycles. The third-order valence-electron chi connectivity index (χ3n) is 5.27. The van der Waals surface area contributed by atoms with Crippen molar-refractivity contribution >= 4 is 34.0 Å². The minimum Gasteiger partial charge on any atom is -0.360 e. The maximum absolute atomic E-state index is 13.7. The fourth-order valence-electron chi connectivity index (χ4n) is 3.87. The molecule has 1 aliphatic rings. The van der Waals surface area contributed by atoms with Crippen molar-refractivity contribution in [2.24, 2.45) is 0 Å². The maximum Gasteiger partial charge on any atom is 0.416 e. The van der Waals surface area contributed by atoms with Crippen molar-refractivity contribution in [3.8, 4) is 0 Å². The van der Waals surface area contributed by atoms with Gasteiger partial charge in [-0.2, -0.15) is 13.2 Å². The molecule has 4 aromatic rings. The van der Waals surface area contributed by atoms with Crippen LogP contribution in [-0.4, -0.2) is 11.2 Å². The lowest BCUT2D eigenvalue weighted by Gasteiger charge is -2.12. The number of fused-ring (bicyclic) bond motifs is 2. The summed E-state index contributed by atoms with van der Waals surface area (Å²) in [6.45, 7) is 0. The minimum atomic E-state index is -4.40. The van der Waals surface area contributed by atoms with Crippen LogP contribution in [0.5, 0.6) is 0 Å². The Bertz CT molecular complexity index is 1330. The van der Waals surface area contributed by atoms with Crippen molar-refractivity contribution < 1.29 is 22.6 Å². The number of H-pyrrole nitrogens is 1. The highest BCUT2D eigenvalue weighted by Crippen LogP contribution is 2.38. The van der Waals surface area contributed by atoms with Gasteiger partial charge in [-0.15, -0.1) is 0 Å². The number of aromatic nitrogens is 1. The Morgan fingerprint density at radius 3 is 2.43 bits per heavy atom. The molecule has 0 fully saturated rings. The van der Waals surface area contributed by atoms with Crippen LogP contribution in [0.1, 0.15) is 22.3 Å². The van der Waals surface area contributed by atoms with Gasteiger partial charge in [0, 0.05) is 34.3 Å². The van der Waals surface area contributed by atoms with Crippen molar-refractivity contribution in [3.63, 3.8) is 0 Å². The Hall–Kier alpha value is -3.67. The first-order valence-corrected chi connectivity index (χ1v) is 9.30. The topological polar surface area (TPSA) is 29.8 Å². The molecule has 0 unspecified atom stereocenters. The number of rotatable bonds is 2. The Morgan fingerprint density at radius 1 is 0.900 bits per heavy atom. The van der Waals surface area contributed by atoms with Crippen molar-refractivity contribution in [2.45, 2.75) is 6.18 Å². The van der Waals surface area contributed by atoms with Crippen LogP contribution in [0, 0.1) is 5.82 Å². The van der Waals surface area contributed by atoms with Gasteiger partial charge in [-0.1, -0.05) is 24.3 Å². The van der Waals surface area contributed by atoms with Gasteiger partial charge < -0.3 is 4.98 Å². The predicted molar refractivity (Wildman–Crippen MR) is 109 cm³/mol. The van der Waals surface area contributed by atoms with Crippen LogP contribution >= 0.6 is 0 Å². The summed E-state index contributed by atoms with van der Waals surface area (Å²) in [6.07, 6.45) is -0.795. The zero-order valence-electron chi connectivity index (χ0n) is 15.5. The lowest BCUT2D eigenvalue weighted by atomic mass is 9.89. The van der Waals surface area contributed by atoms with Gasteiger partial charge >= 0.3 is 6.18 Å². The molecule has 5 rings (SSSR count). The van der Waals surface area contributed by atoms with E-state index in [1.54, 1.807) is 12.3 Å². The highest BCUT2D eigenvalue weighted by atomic mass is 19.4. The smallest absolute Gasteiger partial charge is 0.360 e. The summed E-state index contributed by atoms with van der Waals surface area (Å²) >= 11 is 0. The van der Waals surface area contributed by atoms with Gasteiger partial charge in [0.25, 0.3) is 0 Å². The number of allylic oxidation sites excluding steroid dienone is 1. The van der Waals surface area contributed by atoms with Crippen LogP contribution in [0.15, 0.2) is 72.9 Å². The number of hydrogen-bond acceptors (Lipinski definition) is 0. The van der Waals surface area contributed by atoms with Crippen LogP contribution in [0.2, 0.25) is 0 Å². The number of para-hydroxylation sites is 1. The summed E-state index contributed by atoms with van der Waals surface area (Å²) in [5, 5.41) is 0.788. The van der Waals surface area contributed by atoms with Gasteiger partial charge in [-0.05, 0) is 42.0 Å². The van der Waals surface area contributed by atoms with E-state index in [4.69, 9.17) is 0 Å². The molecule has 0 radical (unpaired) electrons. The molecule has 148 valence electrons. The van der Waals surface area contributed by atoms with E-state index in [0.29, 0.717) is 11.1 Å². The summed E-state index contributed by atoms with van der Waals surface area (Å²) in [5.74, 6) is -0.362. The second-order valence-electron chi connectivity index (χ2n) is 7.09. The summed E-state index contributed by atoms with van der Waals surface area (Å²) in [5.41, 5.74) is 4.83. The fraction of sp³-hybridized carbons (Fsp3) is 0.0417. The van der Waals surface area contributed by atoms with Gasteiger partial charge in [-0.3, -0.25) is 0 Å². The van der Waals surface area contributed by atoms with E-state index >= 15 is 0 Å². The van der Waals surface area contributed by atoms with Gasteiger partial charge in [0.2, 0.25) is 5.69 Å². The van der Waals surface area contributed by atoms with E-state index in [9.17, 15) is 17.6 Å². The van der Waals surface area contributed by atoms with Gasteiger partial charge in [0.1, 0.15) is 5.82 Å². The standard InChI is InChI=1S/C24H14F4N2/c25-16-9-10-18-20(13-30-22(18)11-16)23(14-5-7-15(8-6-14)24(26,27)28)19-12-29-21-4-2-1-3-17(19)21/h1-13,30H/p+1/b23-19+. The Balaban J connectivity index is 1.78. The molecular formula is C24H15F4N2+. The molecule has 3 aromatic carbocycles. The number of halogens is 4. The molecular weight excluding hydrogens is 392 g/mol. The van der Waals surface area contributed by atoms with Gasteiger partial charge in [0.15, 0.2) is 6.21 Å². The molecule has 1 aromatic heterocycles. The van der Waals surface area contributed by atoms with Gasteiger partial charge in [0.05, 0.1) is 16.7 Å². The molecule has 2 N–H and O–H groups in total. The quantitative estimate of drug-likeness (QED) is 0.434. The van der Waals surface area contributed by atoms with Crippen LogP contribution in [0.4, 0.5) is 23.2 Å². The Kier molecular flexibility index (Phi) is 4.10. The zero-order valence-corrected chi connectivity index (χ0v) is 15.5. The SMILES string of the molecule is Fc1ccc2c(/C(=C3\C=[NH+]c4ccccc43)c3ccc(C(F)(F)F)cc3)c[nH]c2c1. The fourth-order valence-corrected chi connectivity index (χ4v) is 3.87. The van der Waals surface area contributed by atoms with E-state index in [1.165, 1.54) is 24.3 Å². The number of nitrogens with one attached hydrogen (secondary N) is 2. The summed E-state index contributed by atoms with van der Waals surface area (Å²) in [7, 11) is 0. The molecule has 30 heavy (non-hydrogen) atoms. The molecule has 0 spiro atoms. The molecule has 0 saturated carbocycles. The van der Waals surface area contributed by atoms with Crippen LogP contribution < -0.4 is 4.99 Å². The van der Waals surface area contributed by atoms with Gasteiger partial charge in [-0.25, -0.2) is 9.38 Å². The molecule has 0 aliphatic carbocycles. The molecule has 2 nitrogen and oxygen atoms in total. The first-order chi connectivity index (χ1) is 14.4. The average Bonchev–Trinajstić information content (AvgIpc) is 3.33. The van der Waals surface area contributed by atoms with Crippen molar-refractivity contribution in [1.82, 2.24) is 4.98 Å². The molecule has 0 atom stereocenters. The highest BCUT2D eigenvalue weighted by Gasteiger charge is 2.31. The van der Waals surface area contributed by atoms with Crippen molar-refractivity contribution in [3.05, 3.63) is 101 Å². The Morgan fingerprint density at radius 2 is 1.67 bits per heavy atom. The number of benzene rings is 3. The second-order valence-corrected chi connectivity index (χ2v) is 7.09. The van der Waals surface area contributed by atoms with E-state index < -0.39 is 11.7 Å². The minimum absolute atomic E-state index is 0.362. The van der Waals surface area contributed by atoms with E-state index in [0.717, 1.165) is 45.5 Å². The monoisotopic (exact) mass is 407 g/mol. The highest BCUT2D eigenvalue weighted by molar-refractivity contribution is 6.24. The van der Waals surface area contributed by atoms with E-state index in [-0.39, 0.29) is 5.82 Å². The zero-order chi connectivity index (χ0) is 20.9. The Labute approximate surface area is 169 Å². The third-order valence-corrected chi connectivity index (χ3v) is 5.27. The average molecular weight is 407 g/mol. The lowest BCUT2D eigenvalue weighted by Crippen LogP contribution is -2.58. The molecule has 6 heteroatoms. The molecule has 0 amide bonds. The van der Waals surface area contributed by atoms with E-state index in [2.05, 4.69) is 9.98 Å². The molecule has 0 saturated heterocycles. The van der Waals surface area contributed by atoms with Crippen molar-refractivity contribution in [1.29, 1.82) is 0 Å². The first-order valence-electron chi connectivity index (χ1n) is 9.30. The predicted octanol–water partition coefficient (Wildman–Crippen LogP) is 5.08. The normalized spacial score (nSPS) is 14.9. The molecule has 0 bridgehead atoms. The maximum atomic E-state index is 13.7. The summed E-state index contributed by atoms with van der Waals surface area (Å²) < 4.78 is 52.9. The molecule has 1 aliphatic heterocycles. The number of alkyl halides is 3. The van der Waals surface area contributed by atoms with Crippen LogP contribution in [-0.2, 0) is 6.18 Å². The number of aromatic amines is 1. The third kappa shape index (κ3) is 3.01. The van der Waals surface area contributed by atoms with Crippen LogP contribution in [0.25, 0.3) is 22.0 Å². The van der Waals surface area contributed by atoms with Crippen molar-refractivity contribution in [2.75, 3.05) is 0 Å². The summed E-state index contributed by atoms with van der Waals surface area (Å²) in [4.78, 5) is 6.30. The second kappa shape index (κ2) is 6.69. The number of hydrogen-bond donors (Lipinski definition) is 2. The summed E-state index contributed by atoms with van der Waals surface area (Å²) in [6, 6.07) is 17.3.